The first kappa shape index (κ1) is 28.5. The van der Waals surface area contributed by atoms with Gasteiger partial charge in [-0.15, -0.1) is 0 Å². The van der Waals surface area contributed by atoms with Crippen LogP contribution < -0.4 is 5.32 Å². The molecule has 3 aromatic rings. The molecular weight excluding hydrogens is 536 g/mol. The monoisotopic (exact) mass is 571 g/mol. The van der Waals surface area contributed by atoms with Crippen LogP contribution in [0, 0.1) is 23.5 Å². The van der Waals surface area contributed by atoms with Gasteiger partial charge in [0.2, 0.25) is 5.91 Å². The molecule has 2 fully saturated rings. The van der Waals surface area contributed by atoms with Gasteiger partial charge in [0.15, 0.2) is 11.6 Å². The number of amides is 1. The molecule has 1 amide bonds. The van der Waals surface area contributed by atoms with Gasteiger partial charge < -0.3 is 14.6 Å². The van der Waals surface area contributed by atoms with E-state index in [1.807, 2.05) is 16.7 Å². The van der Waals surface area contributed by atoms with E-state index in [4.69, 9.17) is 21.3 Å². The molecule has 5 rings (SSSR count). The fourth-order valence-corrected chi connectivity index (χ4v) is 6.55. The highest BCUT2D eigenvalue weighted by Gasteiger charge is 2.36. The van der Waals surface area contributed by atoms with E-state index in [2.05, 4.69) is 5.32 Å². The fraction of sp³-hybridized carbons (Fsp3) is 0.516. The van der Waals surface area contributed by atoms with Crippen LogP contribution in [0.15, 0.2) is 36.4 Å². The van der Waals surface area contributed by atoms with Crippen LogP contribution in [0.2, 0.25) is 5.02 Å². The van der Waals surface area contributed by atoms with Crippen LogP contribution in [0.3, 0.4) is 0 Å². The largest absolute Gasteiger partial charge is 0.466 e. The highest BCUT2D eigenvalue weighted by atomic mass is 35.5. The summed E-state index contributed by atoms with van der Waals surface area (Å²) in [5.74, 6) is -1.46. The number of hydrogen-bond donors (Lipinski definition) is 1. The second-order valence-corrected chi connectivity index (χ2v) is 11.6. The maximum atomic E-state index is 14.6. The zero-order valence-corrected chi connectivity index (χ0v) is 23.6. The molecule has 2 aromatic carbocycles. The lowest BCUT2D eigenvalue weighted by molar-refractivity contribution is -0.144. The molecule has 1 heterocycles. The Morgan fingerprint density at radius 2 is 1.70 bits per heavy atom. The lowest BCUT2D eigenvalue weighted by Gasteiger charge is -2.34. The topological polar surface area (TPSA) is 73.2 Å². The van der Waals surface area contributed by atoms with Crippen molar-refractivity contribution in [3.63, 3.8) is 0 Å². The number of imidazole rings is 1. The van der Waals surface area contributed by atoms with Crippen molar-refractivity contribution in [3.05, 3.63) is 53.1 Å². The lowest BCUT2D eigenvalue weighted by atomic mass is 9.82. The molecular formula is C31H36ClF2N3O3. The van der Waals surface area contributed by atoms with Gasteiger partial charge in [0.25, 0.3) is 0 Å². The van der Waals surface area contributed by atoms with Crippen molar-refractivity contribution in [2.24, 2.45) is 11.8 Å². The molecule has 1 N–H and O–H groups in total. The number of fused-ring (bicyclic) bond motifs is 1. The van der Waals surface area contributed by atoms with Crippen LogP contribution in [0.1, 0.15) is 77.2 Å². The minimum Gasteiger partial charge on any atom is -0.466 e. The zero-order chi connectivity index (χ0) is 28.2. The molecule has 1 unspecified atom stereocenters. The average molecular weight is 572 g/mol. The average Bonchev–Trinajstić information content (AvgIpc) is 3.29. The van der Waals surface area contributed by atoms with Crippen molar-refractivity contribution in [2.45, 2.75) is 83.2 Å². The summed E-state index contributed by atoms with van der Waals surface area (Å²) >= 11 is 6.14. The number of carbonyl (C=O) groups excluding carboxylic acids is 2. The van der Waals surface area contributed by atoms with E-state index in [1.54, 1.807) is 19.1 Å². The summed E-state index contributed by atoms with van der Waals surface area (Å²) in [4.78, 5) is 30.8. The highest BCUT2D eigenvalue weighted by Crippen LogP contribution is 2.39. The van der Waals surface area contributed by atoms with Crippen molar-refractivity contribution in [3.8, 4) is 11.4 Å². The Balaban J connectivity index is 1.47. The van der Waals surface area contributed by atoms with Crippen molar-refractivity contribution >= 4 is 34.5 Å². The predicted octanol–water partition coefficient (Wildman–Crippen LogP) is 7.38. The minimum atomic E-state index is -0.974. The van der Waals surface area contributed by atoms with E-state index in [1.165, 1.54) is 0 Å². The number of esters is 1. The van der Waals surface area contributed by atoms with Gasteiger partial charge in [-0.3, -0.25) is 9.59 Å². The van der Waals surface area contributed by atoms with Crippen LogP contribution in [0.5, 0.6) is 0 Å². The van der Waals surface area contributed by atoms with E-state index >= 15 is 0 Å². The summed E-state index contributed by atoms with van der Waals surface area (Å²) in [5.41, 5.74) is 1.42. The maximum Gasteiger partial charge on any atom is 0.306 e. The van der Waals surface area contributed by atoms with Gasteiger partial charge in [-0.25, -0.2) is 13.8 Å². The molecule has 2 saturated carbocycles. The summed E-state index contributed by atoms with van der Waals surface area (Å²) in [7, 11) is 0. The Labute approximate surface area is 238 Å². The minimum absolute atomic E-state index is 0.0139. The fourth-order valence-electron chi connectivity index (χ4n) is 6.42. The van der Waals surface area contributed by atoms with Gasteiger partial charge in [0.05, 0.1) is 17.6 Å². The summed E-state index contributed by atoms with van der Waals surface area (Å²) in [6.07, 6.45) is 8.53. The van der Waals surface area contributed by atoms with Gasteiger partial charge in [-0.2, -0.15) is 0 Å². The maximum absolute atomic E-state index is 14.6. The van der Waals surface area contributed by atoms with Gasteiger partial charge in [0, 0.05) is 35.2 Å². The quantitative estimate of drug-likeness (QED) is 0.286. The Hall–Kier alpha value is -3.00. The Morgan fingerprint density at radius 3 is 2.38 bits per heavy atom. The summed E-state index contributed by atoms with van der Waals surface area (Å²) in [6.45, 7) is 2.18. The molecule has 0 saturated heterocycles. The van der Waals surface area contributed by atoms with Crippen molar-refractivity contribution in [2.75, 3.05) is 6.61 Å². The molecule has 9 heteroatoms. The van der Waals surface area contributed by atoms with Crippen molar-refractivity contribution in [1.82, 2.24) is 14.9 Å². The van der Waals surface area contributed by atoms with E-state index in [-0.39, 0.29) is 29.8 Å². The molecule has 0 spiro atoms. The number of benzene rings is 2. The number of aromatic nitrogens is 2. The molecule has 1 aromatic heterocycles. The third-order valence-electron chi connectivity index (χ3n) is 8.43. The lowest BCUT2D eigenvalue weighted by Crippen LogP contribution is -2.44. The van der Waals surface area contributed by atoms with E-state index in [0.717, 1.165) is 75.5 Å². The number of nitrogens with zero attached hydrogens (tertiary/aromatic N) is 2. The van der Waals surface area contributed by atoms with E-state index in [9.17, 15) is 18.4 Å². The zero-order valence-electron chi connectivity index (χ0n) is 22.8. The van der Waals surface area contributed by atoms with Crippen LogP contribution in [0.4, 0.5) is 8.78 Å². The smallest absolute Gasteiger partial charge is 0.306 e. The summed E-state index contributed by atoms with van der Waals surface area (Å²) in [5, 5.41) is 3.85. The Morgan fingerprint density at radius 1 is 1.02 bits per heavy atom. The van der Waals surface area contributed by atoms with Gasteiger partial charge in [0.1, 0.15) is 11.9 Å². The SMILES string of the molecule is CCOC(=O)CC1CCC(NC(=O)C(C2CCCCC2)n2c(-c3ccc(Cl)cc3)nc3cc(F)c(F)cc32)CC1. The number of rotatable bonds is 8. The first-order valence-corrected chi connectivity index (χ1v) is 14.8. The number of nitrogens with one attached hydrogen (secondary N) is 1. The molecule has 40 heavy (non-hydrogen) atoms. The second-order valence-electron chi connectivity index (χ2n) is 11.1. The first-order valence-electron chi connectivity index (χ1n) is 14.4. The Bertz CT molecular complexity index is 1350. The summed E-state index contributed by atoms with van der Waals surface area (Å²) in [6, 6.07) is 8.72. The van der Waals surface area contributed by atoms with E-state index < -0.39 is 17.7 Å². The highest BCUT2D eigenvalue weighted by molar-refractivity contribution is 6.30. The summed E-state index contributed by atoms with van der Waals surface area (Å²) < 4.78 is 35.8. The van der Waals surface area contributed by atoms with Gasteiger partial charge in [-0.05, 0) is 81.5 Å². The van der Waals surface area contributed by atoms with Crippen LogP contribution >= 0.6 is 11.6 Å². The third kappa shape index (κ3) is 6.32. The molecule has 0 radical (unpaired) electrons. The van der Waals surface area contributed by atoms with Crippen LogP contribution in [0.25, 0.3) is 22.4 Å². The number of ether oxygens (including phenoxy) is 1. The molecule has 2 aliphatic rings. The first-order chi connectivity index (χ1) is 19.3. The number of halogens is 3. The standard InChI is InChI=1S/C31H36ClF2N3O3/c1-2-40-28(38)16-19-8-14-23(15-9-19)35-31(39)29(20-6-4-3-5-7-20)37-27-18-25(34)24(33)17-26(27)36-30(37)21-10-12-22(32)13-11-21/h10-13,17-20,23,29H,2-9,14-16H2,1H3,(H,35,39). The van der Waals surface area contributed by atoms with Crippen LogP contribution in [-0.2, 0) is 14.3 Å². The van der Waals surface area contributed by atoms with Gasteiger partial charge in [-0.1, -0.05) is 30.9 Å². The van der Waals surface area contributed by atoms with Crippen molar-refractivity contribution < 1.29 is 23.1 Å². The number of hydrogen-bond acceptors (Lipinski definition) is 4. The number of carbonyl (C=O) groups is 2. The van der Waals surface area contributed by atoms with Crippen LogP contribution in [-0.4, -0.2) is 34.1 Å². The van der Waals surface area contributed by atoms with Crippen molar-refractivity contribution in [1.29, 1.82) is 0 Å². The molecule has 6 nitrogen and oxygen atoms in total. The predicted molar refractivity (Wildman–Crippen MR) is 151 cm³/mol. The molecule has 214 valence electrons. The molecule has 0 bridgehead atoms. The van der Waals surface area contributed by atoms with Gasteiger partial charge >= 0.3 is 5.97 Å². The Kier molecular flexibility index (Phi) is 9.03. The normalized spacial score (nSPS) is 20.8. The second kappa shape index (κ2) is 12.7. The van der Waals surface area contributed by atoms with E-state index in [0.29, 0.717) is 34.9 Å². The molecule has 1 atom stereocenters. The molecule has 2 aliphatic carbocycles. The third-order valence-corrected chi connectivity index (χ3v) is 8.68. The molecule has 0 aliphatic heterocycles.